The minimum Gasteiger partial charge on any atom is -0.277 e. The summed E-state index contributed by atoms with van der Waals surface area (Å²) in [6, 6.07) is 0. The molecule has 0 aliphatic rings. The van der Waals surface area contributed by atoms with Crippen LogP contribution in [0.25, 0.3) is 0 Å². The summed E-state index contributed by atoms with van der Waals surface area (Å²) in [5.74, 6) is 0. The summed E-state index contributed by atoms with van der Waals surface area (Å²) in [5, 5.41) is 0. The Hall–Kier alpha value is -0.0800. The van der Waals surface area contributed by atoms with Gasteiger partial charge in [-0.25, -0.2) is 8.75 Å². The summed E-state index contributed by atoms with van der Waals surface area (Å²) in [4.78, 5) is 0. The summed E-state index contributed by atoms with van der Waals surface area (Å²) >= 11 is 0. The standard InChI is InChI=1S/C4H9F2O6PS/c1-2-4(12-14(8,9)10)3-11-13(5,6)7/h4H,2-3H2,1H3,(H,8,9,10). The van der Waals surface area contributed by atoms with Gasteiger partial charge in [0.25, 0.3) is 0 Å². The van der Waals surface area contributed by atoms with E-state index in [1.807, 2.05) is 0 Å². The molecule has 0 aliphatic carbocycles. The Balaban J connectivity index is 4.12. The topological polar surface area (TPSA) is 89.9 Å². The number of hydrogen-bond donors (Lipinski definition) is 1. The second kappa shape index (κ2) is 5.13. The average molecular weight is 254 g/mol. The minimum absolute atomic E-state index is 0.000208. The van der Waals surface area contributed by atoms with Gasteiger partial charge < -0.3 is 0 Å². The Morgan fingerprint density at radius 1 is 1.50 bits per heavy atom. The predicted octanol–water partition coefficient (Wildman–Crippen LogP) is 1.65. The van der Waals surface area contributed by atoms with Gasteiger partial charge in [-0.2, -0.15) is 8.42 Å². The molecular formula is C4H9F2O6PS. The quantitative estimate of drug-likeness (QED) is 0.572. The van der Waals surface area contributed by atoms with Gasteiger partial charge >= 0.3 is 18.4 Å². The van der Waals surface area contributed by atoms with E-state index in [1.165, 1.54) is 6.92 Å². The van der Waals surface area contributed by atoms with Gasteiger partial charge in [-0.1, -0.05) is 6.92 Å². The molecule has 0 aromatic carbocycles. The first-order valence-electron chi connectivity index (χ1n) is 3.43. The third kappa shape index (κ3) is 8.52. The van der Waals surface area contributed by atoms with Crippen molar-refractivity contribution in [2.45, 2.75) is 19.4 Å². The lowest BCUT2D eigenvalue weighted by Gasteiger charge is -2.12. The van der Waals surface area contributed by atoms with E-state index >= 15 is 0 Å². The molecule has 10 heteroatoms. The molecule has 0 radical (unpaired) electrons. The Morgan fingerprint density at radius 2 is 2.00 bits per heavy atom. The molecule has 0 aromatic rings. The molecule has 1 N–H and O–H groups in total. The van der Waals surface area contributed by atoms with Crippen molar-refractivity contribution in [3.05, 3.63) is 0 Å². The molecule has 14 heavy (non-hydrogen) atoms. The maximum atomic E-state index is 11.7. The van der Waals surface area contributed by atoms with Crippen molar-refractivity contribution < 1.29 is 34.6 Å². The molecule has 86 valence electrons. The van der Waals surface area contributed by atoms with Crippen molar-refractivity contribution in [3.8, 4) is 0 Å². The van der Waals surface area contributed by atoms with Crippen molar-refractivity contribution in [1.82, 2.24) is 0 Å². The van der Waals surface area contributed by atoms with Crippen LogP contribution in [-0.2, 0) is 23.7 Å². The van der Waals surface area contributed by atoms with E-state index in [0.717, 1.165) is 0 Å². The summed E-state index contributed by atoms with van der Waals surface area (Å²) < 4.78 is 69.2. The van der Waals surface area contributed by atoms with Crippen LogP contribution in [0.2, 0.25) is 0 Å². The van der Waals surface area contributed by atoms with Crippen LogP contribution in [-0.4, -0.2) is 25.7 Å². The van der Waals surface area contributed by atoms with Crippen LogP contribution < -0.4 is 0 Å². The van der Waals surface area contributed by atoms with Gasteiger partial charge in [0.1, 0.15) is 6.10 Å². The zero-order chi connectivity index (χ0) is 11.4. The third-order valence-corrected chi connectivity index (χ3v) is 2.09. The second-order valence-corrected chi connectivity index (χ2v) is 4.40. The van der Waals surface area contributed by atoms with Crippen molar-refractivity contribution >= 4 is 18.4 Å². The van der Waals surface area contributed by atoms with Crippen LogP contribution in [0.15, 0.2) is 0 Å². The maximum Gasteiger partial charge on any atom is 0.552 e. The minimum atomic E-state index is -5.65. The van der Waals surface area contributed by atoms with Crippen molar-refractivity contribution in [2.75, 3.05) is 6.61 Å². The Bertz CT molecular complexity index is 310. The molecule has 0 aliphatic heterocycles. The van der Waals surface area contributed by atoms with Gasteiger partial charge in [0, 0.05) is 0 Å². The zero-order valence-electron chi connectivity index (χ0n) is 7.09. The molecule has 0 heterocycles. The first-order valence-corrected chi connectivity index (χ1v) is 6.21. The van der Waals surface area contributed by atoms with Gasteiger partial charge in [-0.3, -0.25) is 9.08 Å². The van der Waals surface area contributed by atoms with Gasteiger partial charge in [0.2, 0.25) is 0 Å². The van der Waals surface area contributed by atoms with Gasteiger partial charge in [0.15, 0.2) is 0 Å². The monoisotopic (exact) mass is 254 g/mol. The van der Waals surface area contributed by atoms with Crippen LogP contribution in [0.4, 0.5) is 8.39 Å². The fourth-order valence-electron chi connectivity index (χ4n) is 0.556. The largest absolute Gasteiger partial charge is 0.552 e. The maximum absolute atomic E-state index is 11.7. The van der Waals surface area contributed by atoms with E-state index in [2.05, 4.69) is 8.71 Å². The Labute approximate surface area is 79.9 Å². The molecular weight excluding hydrogens is 245 g/mol. The van der Waals surface area contributed by atoms with Crippen LogP contribution in [0.3, 0.4) is 0 Å². The highest BCUT2D eigenvalue weighted by molar-refractivity contribution is 7.80. The highest BCUT2D eigenvalue weighted by Crippen LogP contribution is 2.50. The van der Waals surface area contributed by atoms with E-state index < -0.39 is 31.1 Å². The van der Waals surface area contributed by atoms with Gasteiger partial charge in [0.05, 0.1) is 6.61 Å². The van der Waals surface area contributed by atoms with Gasteiger partial charge in [-0.15, -0.1) is 8.39 Å². The first kappa shape index (κ1) is 13.9. The van der Waals surface area contributed by atoms with Crippen LogP contribution in [0.1, 0.15) is 13.3 Å². The lowest BCUT2D eigenvalue weighted by atomic mass is 10.3. The average Bonchev–Trinajstić information content (AvgIpc) is 1.94. The van der Waals surface area contributed by atoms with Crippen molar-refractivity contribution in [1.29, 1.82) is 0 Å². The summed E-state index contributed by atoms with van der Waals surface area (Å²) in [5.41, 5.74) is 0. The third-order valence-electron chi connectivity index (χ3n) is 1.12. The fourth-order valence-corrected chi connectivity index (χ4v) is 1.43. The number of rotatable bonds is 6. The highest BCUT2D eigenvalue weighted by Gasteiger charge is 2.24. The van der Waals surface area contributed by atoms with Crippen molar-refractivity contribution in [3.63, 3.8) is 0 Å². The summed E-state index contributed by atoms with van der Waals surface area (Å²) in [6.45, 7) is 0.543. The van der Waals surface area contributed by atoms with Crippen molar-refractivity contribution in [2.24, 2.45) is 0 Å². The van der Waals surface area contributed by atoms with E-state index in [4.69, 9.17) is 4.55 Å². The second-order valence-electron chi connectivity index (χ2n) is 2.26. The molecule has 0 saturated carbocycles. The van der Waals surface area contributed by atoms with E-state index in [-0.39, 0.29) is 6.42 Å². The molecule has 0 amide bonds. The van der Waals surface area contributed by atoms with Gasteiger partial charge in [-0.05, 0) is 6.42 Å². The molecule has 0 bridgehead atoms. The van der Waals surface area contributed by atoms with E-state index in [0.29, 0.717) is 0 Å². The molecule has 0 aromatic heterocycles. The SMILES string of the molecule is CCC(COP(=O)(F)F)OS(=O)(=O)O. The molecule has 0 fully saturated rings. The predicted molar refractivity (Wildman–Crippen MR) is 42.5 cm³/mol. The van der Waals surface area contributed by atoms with Crippen LogP contribution >= 0.6 is 7.99 Å². The van der Waals surface area contributed by atoms with E-state index in [1.54, 1.807) is 0 Å². The number of halogens is 2. The molecule has 6 nitrogen and oxygen atoms in total. The molecule has 0 saturated heterocycles. The van der Waals surface area contributed by atoms with E-state index in [9.17, 15) is 21.4 Å². The Kier molecular flexibility index (Phi) is 5.10. The molecule has 0 spiro atoms. The summed E-state index contributed by atoms with van der Waals surface area (Å²) in [7, 11) is -10.4. The molecule has 1 unspecified atom stereocenters. The molecule has 0 rings (SSSR count). The fraction of sp³-hybridized carbons (Fsp3) is 1.00. The molecule has 1 atom stereocenters. The summed E-state index contributed by atoms with van der Waals surface area (Å²) in [6.07, 6.45) is -1.29. The zero-order valence-corrected chi connectivity index (χ0v) is 8.80. The lowest BCUT2D eigenvalue weighted by Crippen LogP contribution is -2.21. The van der Waals surface area contributed by atoms with Crippen LogP contribution in [0.5, 0.6) is 0 Å². The highest BCUT2D eigenvalue weighted by atomic mass is 32.3. The smallest absolute Gasteiger partial charge is 0.277 e. The Morgan fingerprint density at radius 3 is 2.29 bits per heavy atom. The van der Waals surface area contributed by atoms with Crippen LogP contribution in [0, 0.1) is 0 Å². The first-order chi connectivity index (χ1) is 6.14. The lowest BCUT2D eigenvalue weighted by molar-refractivity contribution is 0.107. The normalized spacial score (nSPS) is 15.4. The number of hydrogen-bond acceptors (Lipinski definition) is 5.